The fourth-order valence-electron chi connectivity index (χ4n) is 1.39. The Kier molecular flexibility index (Phi) is 3.70. The number of halogens is 2. The molecule has 0 radical (unpaired) electrons. The maximum Gasteiger partial charge on any atom is 0.168 e. The van der Waals surface area contributed by atoms with Gasteiger partial charge in [-0.05, 0) is 46.4 Å². The predicted octanol–water partition coefficient (Wildman–Crippen LogP) is 3.92. The summed E-state index contributed by atoms with van der Waals surface area (Å²) < 4.78 is 14.0. The average Bonchev–Trinajstić information content (AvgIpc) is 2.65. The lowest BCUT2D eigenvalue weighted by Gasteiger charge is -1.99. The van der Waals surface area contributed by atoms with Crippen molar-refractivity contribution in [2.24, 2.45) is 0 Å². The van der Waals surface area contributed by atoms with Gasteiger partial charge in [-0.25, -0.2) is 4.39 Å². The maximum absolute atomic E-state index is 12.9. The van der Waals surface area contributed by atoms with Crippen LogP contribution in [-0.4, -0.2) is 5.78 Å². The Morgan fingerprint density at radius 1 is 1.38 bits per heavy atom. The summed E-state index contributed by atoms with van der Waals surface area (Å²) in [4.78, 5) is 11.8. The molecule has 4 heteroatoms. The van der Waals surface area contributed by atoms with E-state index in [9.17, 15) is 9.18 Å². The lowest BCUT2D eigenvalue weighted by Crippen LogP contribution is -2.02. The number of ketones is 1. The van der Waals surface area contributed by atoms with Crippen molar-refractivity contribution in [2.45, 2.75) is 6.42 Å². The minimum Gasteiger partial charge on any atom is -0.294 e. The van der Waals surface area contributed by atoms with Crippen molar-refractivity contribution in [3.05, 3.63) is 55.5 Å². The summed E-state index contributed by atoms with van der Waals surface area (Å²) in [5, 5.41) is 1.84. The van der Waals surface area contributed by atoms with E-state index in [4.69, 9.17) is 0 Å². The standard InChI is InChI=1S/C12H8FIOS/c13-10-3-1-2-8(4-10)5-11(15)9-6-12(14)16-7-9/h1-4,6-7H,5H2. The van der Waals surface area contributed by atoms with Crippen LogP contribution in [0.1, 0.15) is 15.9 Å². The molecule has 2 aromatic rings. The molecule has 0 aliphatic rings. The van der Waals surface area contributed by atoms with Crippen molar-refractivity contribution in [1.29, 1.82) is 0 Å². The number of thiophene rings is 1. The molecule has 0 amide bonds. The second kappa shape index (κ2) is 5.05. The third-order valence-electron chi connectivity index (χ3n) is 2.14. The molecule has 16 heavy (non-hydrogen) atoms. The second-order valence-corrected chi connectivity index (χ2v) is 6.17. The van der Waals surface area contributed by atoms with Crippen molar-refractivity contribution >= 4 is 39.7 Å². The van der Waals surface area contributed by atoms with Gasteiger partial charge in [0.15, 0.2) is 5.78 Å². The van der Waals surface area contributed by atoms with Gasteiger partial charge in [-0.1, -0.05) is 12.1 Å². The molecule has 1 aromatic carbocycles. The Balaban J connectivity index is 2.13. The highest BCUT2D eigenvalue weighted by molar-refractivity contribution is 14.1. The molecule has 0 aliphatic heterocycles. The molecule has 82 valence electrons. The number of carbonyl (C=O) groups is 1. The third kappa shape index (κ3) is 2.89. The van der Waals surface area contributed by atoms with Crippen molar-refractivity contribution in [2.75, 3.05) is 0 Å². The molecule has 0 fully saturated rings. The normalized spacial score (nSPS) is 10.4. The summed E-state index contributed by atoms with van der Waals surface area (Å²) in [6.45, 7) is 0. The number of carbonyl (C=O) groups excluding carboxylic acids is 1. The summed E-state index contributed by atoms with van der Waals surface area (Å²) in [5.41, 5.74) is 1.42. The number of Topliss-reactive ketones (excluding diaryl/α,β-unsaturated/α-hetero) is 1. The third-order valence-corrected chi connectivity index (χ3v) is 3.93. The zero-order valence-corrected chi connectivity index (χ0v) is 11.2. The van der Waals surface area contributed by atoms with Gasteiger partial charge in [0.1, 0.15) is 5.82 Å². The summed E-state index contributed by atoms with van der Waals surface area (Å²) in [6, 6.07) is 8.01. The Hall–Kier alpha value is -0.750. The minimum atomic E-state index is -0.301. The molecule has 0 saturated heterocycles. The van der Waals surface area contributed by atoms with Crippen LogP contribution in [0.2, 0.25) is 0 Å². The highest BCUT2D eigenvalue weighted by Gasteiger charge is 2.09. The van der Waals surface area contributed by atoms with Crippen molar-refractivity contribution in [3.8, 4) is 0 Å². The second-order valence-electron chi connectivity index (χ2n) is 3.37. The smallest absolute Gasteiger partial charge is 0.168 e. The molecule has 1 nitrogen and oxygen atoms in total. The van der Waals surface area contributed by atoms with E-state index in [1.807, 2.05) is 11.4 Å². The van der Waals surface area contributed by atoms with Crippen LogP contribution in [0.3, 0.4) is 0 Å². The molecule has 1 aromatic heterocycles. The van der Waals surface area contributed by atoms with E-state index in [1.165, 1.54) is 23.5 Å². The molecular formula is C12H8FIOS. The van der Waals surface area contributed by atoms with E-state index in [1.54, 1.807) is 12.1 Å². The first kappa shape index (κ1) is 11.7. The molecule has 1 heterocycles. The fourth-order valence-corrected chi connectivity index (χ4v) is 2.74. The molecule has 0 bridgehead atoms. The zero-order chi connectivity index (χ0) is 11.5. The number of benzene rings is 1. The van der Waals surface area contributed by atoms with Gasteiger partial charge in [0.25, 0.3) is 0 Å². The van der Waals surface area contributed by atoms with Crippen LogP contribution in [0.15, 0.2) is 35.7 Å². The highest BCUT2D eigenvalue weighted by atomic mass is 127. The van der Waals surface area contributed by atoms with E-state index in [0.717, 1.165) is 2.88 Å². The minimum absolute atomic E-state index is 0.0322. The Morgan fingerprint density at radius 3 is 2.81 bits per heavy atom. The predicted molar refractivity (Wildman–Crippen MR) is 71.5 cm³/mol. The van der Waals surface area contributed by atoms with Gasteiger partial charge in [0, 0.05) is 17.4 Å². The SMILES string of the molecule is O=C(Cc1cccc(F)c1)c1csc(I)c1. The van der Waals surface area contributed by atoms with Crippen LogP contribution >= 0.6 is 33.9 Å². The van der Waals surface area contributed by atoms with Gasteiger partial charge < -0.3 is 0 Å². The van der Waals surface area contributed by atoms with E-state index in [-0.39, 0.29) is 18.0 Å². The molecule has 0 aliphatic carbocycles. The first-order valence-electron chi connectivity index (χ1n) is 4.67. The van der Waals surface area contributed by atoms with Gasteiger partial charge in [0.05, 0.1) is 2.88 Å². The van der Waals surface area contributed by atoms with Gasteiger partial charge >= 0.3 is 0 Å². The molecule has 0 N–H and O–H groups in total. The number of hydrogen-bond acceptors (Lipinski definition) is 2. The molecule has 0 spiro atoms. The van der Waals surface area contributed by atoms with E-state index >= 15 is 0 Å². The van der Waals surface area contributed by atoms with Crippen LogP contribution in [0.4, 0.5) is 4.39 Å². The largest absolute Gasteiger partial charge is 0.294 e. The molecular weight excluding hydrogens is 338 g/mol. The maximum atomic E-state index is 12.9. The van der Waals surface area contributed by atoms with Crippen LogP contribution in [0.25, 0.3) is 0 Å². The van der Waals surface area contributed by atoms with Gasteiger partial charge in [0.2, 0.25) is 0 Å². The molecule has 0 unspecified atom stereocenters. The van der Waals surface area contributed by atoms with E-state index in [0.29, 0.717) is 11.1 Å². The zero-order valence-electron chi connectivity index (χ0n) is 8.24. The molecule has 0 saturated carbocycles. The summed E-state index contributed by atoms with van der Waals surface area (Å²) >= 11 is 3.71. The van der Waals surface area contributed by atoms with Crippen molar-refractivity contribution in [3.63, 3.8) is 0 Å². The molecule has 0 atom stereocenters. The Morgan fingerprint density at radius 2 is 2.19 bits per heavy atom. The van der Waals surface area contributed by atoms with Crippen molar-refractivity contribution in [1.82, 2.24) is 0 Å². The molecule has 2 rings (SSSR count). The van der Waals surface area contributed by atoms with E-state index in [2.05, 4.69) is 22.6 Å². The summed E-state index contributed by atoms with van der Waals surface area (Å²) in [6.07, 6.45) is 0.255. The van der Waals surface area contributed by atoms with E-state index < -0.39 is 0 Å². The van der Waals surface area contributed by atoms with Gasteiger partial charge in [-0.2, -0.15) is 0 Å². The first-order chi connectivity index (χ1) is 7.65. The summed E-state index contributed by atoms with van der Waals surface area (Å²) in [5.74, 6) is -0.269. The number of rotatable bonds is 3. The quantitative estimate of drug-likeness (QED) is 0.608. The Labute approximate surface area is 110 Å². The van der Waals surface area contributed by atoms with Gasteiger partial charge in [-0.3, -0.25) is 4.79 Å². The average molecular weight is 346 g/mol. The van der Waals surface area contributed by atoms with Crippen molar-refractivity contribution < 1.29 is 9.18 Å². The van der Waals surface area contributed by atoms with Crippen LogP contribution in [0.5, 0.6) is 0 Å². The Bertz CT molecular complexity index is 521. The lowest BCUT2D eigenvalue weighted by molar-refractivity contribution is 0.0993. The number of hydrogen-bond donors (Lipinski definition) is 0. The van der Waals surface area contributed by atoms with Crippen LogP contribution < -0.4 is 0 Å². The first-order valence-corrected chi connectivity index (χ1v) is 6.62. The van der Waals surface area contributed by atoms with Crippen LogP contribution in [-0.2, 0) is 6.42 Å². The lowest BCUT2D eigenvalue weighted by atomic mass is 10.1. The monoisotopic (exact) mass is 346 g/mol. The topological polar surface area (TPSA) is 17.1 Å². The van der Waals surface area contributed by atoms with Crippen LogP contribution in [0, 0.1) is 8.70 Å². The highest BCUT2D eigenvalue weighted by Crippen LogP contribution is 2.18. The van der Waals surface area contributed by atoms with Gasteiger partial charge in [-0.15, -0.1) is 11.3 Å². The fraction of sp³-hybridized carbons (Fsp3) is 0.0833. The summed E-state index contributed by atoms with van der Waals surface area (Å²) in [7, 11) is 0.